The van der Waals surface area contributed by atoms with Gasteiger partial charge in [0, 0.05) is 0 Å². The molecule has 0 amide bonds. The molecule has 1 aromatic heterocycles. The van der Waals surface area contributed by atoms with E-state index in [1.165, 1.54) is 6.20 Å². The molecule has 0 unspecified atom stereocenters. The molecule has 6 heteroatoms. The van der Waals surface area contributed by atoms with Crippen molar-refractivity contribution >= 4 is 17.2 Å². The first kappa shape index (κ1) is 8.09. The quantitative estimate of drug-likeness (QED) is 0.497. The van der Waals surface area contributed by atoms with Gasteiger partial charge in [-0.25, -0.2) is 0 Å². The van der Waals surface area contributed by atoms with E-state index in [1.54, 1.807) is 0 Å². The Morgan fingerprint density at radius 1 is 1.91 bits per heavy atom. The average Bonchev–Trinajstić information content (AvgIpc) is 2.52. The SMILES string of the molecule is CCONC(=S)c1cn[nH]n1. The molecule has 0 aromatic carbocycles. The third-order valence-corrected chi connectivity index (χ3v) is 1.25. The normalized spacial score (nSPS) is 9.55. The fourth-order valence-corrected chi connectivity index (χ4v) is 0.658. The number of H-pyrrole nitrogens is 1. The lowest BCUT2D eigenvalue weighted by Gasteiger charge is -2.01. The van der Waals surface area contributed by atoms with Crippen LogP contribution in [-0.4, -0.2) is 27.0 Å². The maximum Gasteiger partial charge on any atom is 0.152 e. The highest BCUT2D eigenvalue weighted by atomic mass is 32.1. The van der Waals surface area contributed by atoms with E-state index in [-0.39, 0.29) is 0 Å². The number of thiocarbonyl (C=S) groups is 1. The van der Waals surface area contributed by atoms with Crippen molar-refractivity contribution in [1.29, 1.82) is 0 Å². The fourth-order valence-electron chi connectivity index (χ4n) is 0.501. The van der Waals surface area contributed by atoms with Crippen LogP contribution in [0.25, 0.3) is 0 Å². The zero-order valence-electron chi connectivity index (χ0n) is 6.00. The van der Waals surface area contributed by atoms with Gasteiger partial charge >= 0.3 is 0 Å². The molecule has 0 aliphatic rings. The second-order valence-electron chi connectivity index (χ2n) is 1.72. The first-order valence-electron chi connectivity index (χ1n) is 3.12. The Labute approximate surface area is 69.1 Å². The Kier molecular flexibility index (Phi) is 2.94. The van der Waals surface area contributed by atoms with E-state index in [0.717, 1.165) is 0 Å². The fraction of sp³-hybridized carbons (Fsp3) is 0.400. The number of nitrogens with one attached hydrogen (secondary N) is 2. The van der Waals surface area contributed by atoms with Crippen LogP contribution in [0.15, 0.2) is 6.20 Å². The van der Waals surface area contributed by atoms with E-state index < -0.39 is 0 Å². The van der Waals surface area contributed by atoms with Gasteiger partial charge in [-0.3, -0.25) is 10.3 Å². The summed E-state index contributed by atoms with van der Waals surface area (Å²) in [6.45, 7) is 2.41. The van der Waals surface area contributed by atoms with Gasteiger partial charge in [0.1, 0.15) is 5.69 Å². The molecule has 1 heterocycles. The summed E-state index contributed by atoms with van der Waals surface area (Å²) < 4.78 is 0. The molecule has 0 atom stereocenters. The molecule has 5 nitrogen and oxygen atoms in total. The minimum absolute atomic E-state index is 0.431. The van der Waals surface area contributed by atoms with Crippen molar-refractivity contribution in [1.82, 2.24) is 20.9 Å². The minimum Gasteiger partial charge on any atom is -0.276 e. The van der Waals surface area contributed by atoms with E-state index in [9.17, 15) is 0 Å². The van der Waals surface area contributed by atoms with Gasteiger partial charge in [0.25, 0.3) is 0 Å². The number of aromatic nitrogens is 3. The maximum atomic E-state index is 4.88. The highest BCUT2D eigenvalue weighted by Gasteiger charge is 2.01. The van der Waals surface area contributed by atoms with Crippen LogP contribution in [0.5, 0.6) is 0 Å². The van der Waals surface area contributed by atoms with Gasteiger partial charge in [-0.05, 0) is 6.92 Å². The number of aromatic amines is 1. The smallest absolute Gasteiger partial charge is 0.152 e. The Morgan fingerprint density at radius 2 is 2.73 bits per heavy atom. The summed E-state index contributed by atoms with van der Waals surface area (Å²) in [5.41, 5.74) is 3.12. The van der Waals surface area contributed by atoms with Crippen LogP contribution < -0.4 is 5.48 Å². The third-order valence-electron chi connectivity index (χ3n) is 0.957. The average molecular weight is 172 g/mol. The van der Waals surface area contributed by atoms with Crippen molar-refractivity contribution in [2.75, 3.05) is 6.61 Å². The predicted molar refractivity (Wildman–Crippen MR) is 42.8 cm³/mol. The molecule has 0 saturated heterocycles. The predicted octanol–water partition coefficient (Wildman–Crippen LogP) is 0.0213. The highest BCUT2D eigenvalue weighted by molar-refractivity contribution is 7.80. The van der Waals surface area contributed by atoms with Gasteiger partial charge in [-0.1, -0.05) is 12.2 Å². The lowest BCUT2D eigenvalue weighted by molar-refractivity contribution is 0.0989. The lowest BCUT2D eigenvalue weighted by Crippen LogP contribution is -2.22. The van der Waals surface area contributed by atoms with E-state index in [1.807, 2.05) is 6.92 Å². The summed E-state index contributed by atoms with van der Waals surface area (Å²) in [7, 11) is 0. The molecular formula is C5H8N4OS. The first-order valence-corrected chi connectivity index (χ1v) is 3.53. The van der Waals surface area contributed by atoms with E-state index in [4.69, 9.17) is 17.1 Å². The largest absolute Gasteiger partial charge is 0.276 e. The number of hydrogen-bond donors (Lipinski definition) is 2. The summed E-state index contributed by atoms with van der Waals surface area (Å²) in [6, 6.07) is 0. The molecule has 60 valence electrons. The van der Waals surface area contributed by atoms with Crippen molar-refractivity contribution in [3.8, 4) is 0 Å². The van der Waals surface area contributed by atoms with Crippen molar-refractivity contribution in [3.05, 3.63) is 11.9 Å². The summed E-state index contributed by atoms with van der Waals surface area (Å²) in [4.78, 5) is 5.28. The van der Waals surface area contributed by atoms with Crippen LogP contribution in [0.3, 0.4) is 0 Å². The molecular weight excluding hydrogens is 164 g/mol. The Morgan fingerprint density at radius 3 is 3.27 bits per heavy atom. The van der Waals surface area contributed by atoms with Gasteiger partial charge in [-0.15, -0.1) is 0 Å². The Balaban J connectivity index is 2.43. The van der Waals surface area contributed by atoms with Crippen LogP contribution >= 0.6 is 12.2 Å². The van der Waals surface area contributed by atoms with E-state index >= 15 is 0 Å². The molecule has 1 aromatic rings. The number of rotatable bonds is 3. The molecule has 0 aliphatic carbocycles. The van der Waals surface area contributed by atoms with Gasteiger partial charge in [0.2, 0.25) is 0 Å². The number of hydroxylamine groups is 1. The van der Waals surface area contributed by atoms with Gasteiger partial charge in [0.05, 0.1) is 12.8 Å². The van der Waals surface area contributed by atoms with Crippen LogP contribution in [0, 0.1) is 0 Å². The van der Waals surface area contributed by atoms with Gasteiger partial charge in [-0.2, -0.15) is 15.4 Å². The Hall–Kier alpha value is -1.01. The molecule has 2 N–H and O–H groups in total. The first-order chi connectivity index (χ1) is 5.34. The maximum absolute atomic E-state index is 4.88. The van der Waals surface area contributed by atoms with Crippen LogP contribution in [0.2, 0.25) is 0 Å². The zero-order chi connectivity index (χ0) is 8.10. The molecule has 11 heavy (non-hydrogen) atoms. The molecule has 0 spiro atoms. The minimum atomic E-state index is 0.431. The summed E-state index contributed by atoms with van der Waals surface area (Å²) in [5, 5.41) is 9.79. The number of hydrogen-bond acceptors (Lipinski definition) is 4. The second-order valence-corrected chi connectivity index (χ2v) is 2.13. The van der Waals surface area contributed by atoms with E-state index in [0.29, 0.717) is 17.3 Å². The molecule has 1 rings (SSSR count). The van der Waals surface area contributed by atoms with Crippen molar-refractivity contribution < 1.29 is 4.84 Å². The number of nitrogens with zero attached hydrogens (tertiary/aromatic N) is 2. The van der Waals surface area contributed by atoms with Crippen molar-refractivity contribution in [3.63, 3.8) is 0 Å². The van der Waals surface area contributed by atoms with Crippen LogP contribution in [0.1, 0.15) is 12.6 Å². The second kappa shape index (κ2) is 3.99. The topological polar surface area (TPSA) is 62.8 Å². The third kappa shape index (κ3) is 2.24. The van der Waals surface area contributed by atoms with Crippen molar-refractivity contribution in [2.24, 2.45) is 0 Å². The van der Waals surface area contributed by atoms with Crippen LogP contribution in [0.4, 0.5) is 0 Å². The summed E-state index contributed by atoms with van der Waals surface area (Å²) in [6.07, 6.45) is 1.52. The molecule has 0 radical (unpaired) electrons. The van der Waals surface area contributed by atoms with Gasteiger partial charge in [0.15, 0.2) is 4.99 Å². The standard InChI is InChI=1S/C5H8N4OS/c1-2-10-8-5(11)4-3-6-9-7-4/h3H,2H2,1H3,(H,8,11)(H,6,7,9). The van der Waals surface area contributed by atoms with Gasteiger partial charge < -0.3 is 0 Å². The monoisotopic (exact) mass is 172 g/mol. The molecule has 0 saturated carbocycles. The molecule has 0 bridgehead atoms. The van der Waals surface area contributed by atoms with E-state index in [2.05, 4.69) is 20.9 Å². The summed E-state index contributed by atoms with van der Waals surface area (Å²) in [5.74, 6) is 0. The molecule has 0 fully saturated rings. The zero-order valence-corrected chi connectivity index (χ0v) is 6.81. The lowest BCUT2D eigenvalue weighted by atomic mass is 10.5. The highest BCUT2D eigenvalue weighted by Crippen LogP contribution is 1.89. The Bertz CT molecular complexity index is 222. The molecule has 0 aliphatic heterocycles. The van der Waals surface area contributed by atoms with Crippen LogP contribution in [-0.2, 0) is 4.84 Å². The van der Waals surface area contributed by atoms with Crippen molar-refractivity contribution in [2.45, 2.75) is 6.92 Å². The summed E-state index contributed by atoms with van der Waals surface area (Å²) >= 11 is 4.88.